The predicted molar refractivity (Wildman–Crippen MR) is 96.1 cm³/mol. The standard InChI is InChI=1S/C19H21NO6/c21-15-5-1-13(2-6-15)9-10-20-18(23)8-4-14-3-7-17(16(22)11-14)26-12-19(24)25/h1-8,11,18,20-23H,9-10,12H2,(H,24,25)/b8-4+. The lowest BCUT2D eigenvalue weighted by molar-refractivity contribution is -0.139. The summed E-state index contributed by atoms with van der Waals surface area (Å²) in [5, 5.41) is 40.4. The number of aliphatic carboxylic acids is 1. The van der Waals surface area contributed by atoms with Gasteiger partial charge in [-0.2, -0.15) is 0 Å². The number of carboxylic acids is 1. The summed E-state index contributed by atoms with van der Waals surface area (Å²) in [6, 6.07) is 11.4. The van der Waals surface area contributed by atoms with Gasteiger partial charge in [-0.15, -0.1) is 0 Å². The van der Waals surface area contributed by atoms with Gasteiger partial charge in [0.05, 0.1) is 0 Å². The molecule has 0 aromatic heterocycles. The van der Waals surface area contributed by atoms with Crippen molar-refractivity contribution < 1.29 is 30.0 Å². The molecular formula is C19H21NO6. The van der Waals surface area contributed by atoms with Crippen molar-refractivity contribution in [1.82, 2.24) is 5.32 Å². The summed E-state index contributed by atoms with van der Waals surface area (Å²) in [7, 11) is 0. The van der Waals surface area contributed by atoms with Gasteiger partial charge in [-0.3, -0.25) is 5.32 Å². The van der Waals surface area contributed by atoms with E-state index in [2.05, 4.69) is 5.32 Å². The highest BCUT2D eigenvalue weighted by atomic mass is 16.5. The lowest BCUT2D eigenvalue weighted by Crippen LogP contribution is -2.28. The first-order valence-corrected chi connectivity index (χ1v) is 7.99. The van der Waals surface area contributed by atoms with Gasteiger partial charge in [-0.1, -0.05) is 24.3 Å². The normalized spacial score (nSPS) is 12.2. The molecule has 2 aromatic carbocycles. The van der Waals surface area contributed by atoms with Crippen molar-refractivity contribution in [2.24, 2.45) is 0 Å². The second kappa shape index (κ2) is 9.45. The molecule has 138 valence electrons. The third-order valence-electron chi connectivity index (χ3n) is 3.51. The zero-order valence-electron chi connectivity index (χ0n) is 14.0. The summed E-state index contributed by atoms with van der Waals surface area (Å²) < 4.78 is 4.93. The molecule has 0 aliphatic carbocycles. The van der Waals surface area contributed by atoms with Crippen LogP contribution >= 0.6 is 0 Å². The zero-order chi connectivity index (χ0) is 18.9. The molecule has 0 amide bonds. The monoisotopic (exact) mass is 359 g/mol. The molecular weight excluding hydrogens is 338 g/mol. The molecule has 7 nitrogen and oxygen atoms in total. The van der Waals surface area contributed by atoms with Gasteiger partial charge in [0, 0.05) is 6.54 Å². The van der Waals surface area contributed by atoms with Gasteiger partial charge in [-0.25, -0.2) is 4.79 Å². The predicted octanol–water partition coefficient (Wildman–Crippen LogP) is 1.73. The minimum atomic E-state index is -1.13. The molecule has 0 saturated heterocycles. The minimum absolute atomic E-state index is 0.0807. The quantitative estimate of drug-likeness (QED) is 0.433. The Morgan fingerprint density at radius 1 is 1.15 bits per heavy atom. The molecule has 0 radical (unpaired) electrons. The number of rotatable bonds is 9. The second-order valence-electron chi connectivity index (χ2n) is 5.58. The molecule has 1 atom stereocenters. The van der Waals surface area contributed by atoms with Crippen LogP contribution in [0.2, 0.25) is 0 Å². The van der Waals surface area contributed by atoms with Crippen LogP contribution in [0.15, 0.2) is 48.5 Å². The third-order valence-corrected chi connectivity index (χ3v) is 3.51. The number of phenolic OH excluding ortho intramolecular Hbond substituents is 2. The molecule has 5 N–H and O–H groups in total. The molecule has 0 aliphatic heterocycles. The van der Waals surface area contributed by atoms with E-state index < -0.39 is 18.8 Å². The molecule has 1 unspecified atom stereocenters. The summed E-state index contributed by atoms with van der Waals surface area (Å²) in [6.45, 7) is 0.00983. The van der Waals surface area contributed by atoms with E-state index in [9.17, 15) is 20.1 Å². The number of ether oxygens (including phenoxy) is 1. The number of carboxylic acid groups (broad SMARTS) is 1. The van der Waals surface area contributed by atoms with Crippen molar-refractivity contribution >= 4 is 12.0 Å². The van der Waals surface area contributed by atoms with Crippen LogP contribution < -0.4 is 10.1 Å². The third kappa shape index (κ3) is 6.46. The second-order valence-corrected chi connectivity index (χ2v) is 5.58. The molecule has 7 heteroatoms. The molecule has 26 heavy (non-hydrogen) atoms. The van der Waals surface area contributed by atoms with Gasteiger partial charge in [-0.05, 0) is 47.9 Å². The maximum absolute atomic E-state index is 10.5. The van der Waals surface area contributed by atoms with Crippen LogP contribution in [-0.4, -0.2) is 45.8 Å². The number of nitrogens with one attached hydrogen (secondary N) is 1. The van der Waals surface area contributed by atoms with Crippen molar-refractivity contribution in [2.45, 2.75) is 12.6 Å². The molecule has 0 bridgehead atoms. The molecule has 0 spiro atoms. The van der Waals surface area contributed by atoms with Crippen LogP contribution in [-0.2, 0) is 11.2 Å². The van der Waals surface area contributed by atoms with E-state index in [1.807, 2.05) is 12.1 Å². The Morgan fingerprint density at radius 3 is 2.54 bits per heavy atom. The molecule has 0 fully saturated rings. The van der Waals surface area contributed by atoms with E-state index in [1.54, 1.807) is 24.3 Å². The van der Waals surface area contributed by atoms with Crippen LogP contribution in [0.3, 0.4) is 0 Å². The molecule has 2 rings (SSSR count). The Balaban J connectivity index is 1.81. The Morgan fingerprint density at radius 2 is 1.88 bits per heavy atom. The molecule has 0 heterocycles. The van der Waals surface area contributed by atoms with Crippen molar-refractivity contribution in [3.8, 4) is 17.2 Å². The van der Waals surface area contributed by atoms with Crippen LogP contribution in [0.1, 0.15) is 11.1 Å². The lowest BCUT2D eigenvalue weighted by Gasteiger charge is -2.09. The van der Waals surface area contributed by atoms with Gasteiger partial charge in [0.25, 0.3) is 0 Å². The molecule has 2 aromatic rings. The minimum Gasteiger partial charge on any atom is -0.508 e. The Kier molecular flexibility index (Phi) is 7.02. The van der Waals surface area contributed by atoms with Crippen LogP contribution in [0.25, 0.3) is 6.08 Å². The maximum Gasteiger partial charge on any atom is 0.341 e. The first-order valence-electron chi connectivity index (χ1n) is 7.99. The van der Waals surface area contributed by atoms with Crippen LogP contribution in [0.5, 0.6) is 17.2 Å². The fourth-order valence-electron chi connectivity index (χ4n) is 2.20. The smallest absolute Gasteiger partial charge is 0.341 e. The number of aliphatic hydroxyl groups is 1. The van der Waals surface area contributed by atoms with E-state index >= 15 is 0 Å². The molecule has 0 saturated carbocycles. The van der Waals surface area contributed by atoms with E-state index in [-0.39, 0.29) is 17.2 Å². The summed E-state index contributed by atoms with van der Waals surface area (Å²) in [6.07, 6.45) is 2.99. The largest absolute Gasteiger partial charge is 0.508 e. The average Bonchev–Trinajstić information content (AvgIpc) is 2.60. The van der Waals surface area contributed by atoms with Crippen LogP contribution in [0.4, 0.5) is 0 Å². The Labute approximate surface area is 150 Å². The van der Waals surface area contributed by atoms with Gasteiger partial charge < -0.3 is 25.2 Å². The topological polar surface area (TPSA) is 119 Å². The van der Waals surface area contributed by atoms with E-state index in [1.165, 1.54) is 18.2 Å². The highest BCUT2D eigenvalue weighted by Gasteiger charge is 2.05. The number of aromatic hydroxyl groups is 2. The van der Waals surface area contributed by atoms with E-state index in [0.717, 1.165) is 5.56 Å². The van der Waals surface area contributed by atoms with Gasteiger partial charge in [0.2, 0.25) is 0 Å². The highest BCUT2D eigenvalue weighted by Crippen LogP contribution is 2.27. The van der Waals surface area contributed by atoms with Gasteiger partial charge in [0.15, 0.2) is 18.1 Å². The van der Waals surface area contributed by atoms with E-state index in [4.69, 9.17) is 9.84 Å². The summed E-state index contributed by atoms with van der Waals surface area (Å²) in [4.78, 5) is 10.5. The zero-order valence-corrected chi connectivity index (χ0v) is 14.0. The van der Waals surface area contributed by atoms with Crippen molar-refractivity contribution in [3.05, 3.63) is 59.7 Å². The number of aliphatic hydroxyl groups excluding tert-OH is 1. The van der Waals surface area contributed by atoms with E-state index in [0.29, 0.717) is 18.5 Å². The average molecular weight is 359 g/mol. The number of hydrogen-bond acceptors (Lipinski definition) is 6. The summed E-state index contributed by atoms with van der Waals surface area (Å²) in [5.41, 5.74) is 1.66. The van der Waals surface area contributed by atoms with Gasteiger partial charge >= 0.3 is 5.97 Å². The highest BCUT2D eigenvalue weighted by molar-refractivity contribution is 5.68. The van der Waals surface area contributed by atoms with Crippen molar-refractivity contribution in [1.29, 1.82) is 0 Å². The maximum atomic E-state index is 10.5. The fraction of sp³-hybridized carbons (Fsp3) is 0.211. The van der Waals surface area contributed by atoms with Crippen molar-refractivity contribution in [2.75, 3.05) is 13.2 Å². The number of carbonyl (C=O) groups is 1. The Bertz CT molecular complexity index is 757. The first kappa shape index (κ1) is 19.3. The Hall–Kier alpha value is -3.03. The first-order chi connectivity index (χ1) is 12.4. The van der Waals surface area contributed by atoms with Gasteiger partial charge in [0.1, 0.15) is 12.0 Å². The SMILES string of the molecule is O=C(O)COc1ccc(/C=C/C(O)NCCc2ccc(O)cc2)cc1O. The molecule has 0 aliphatic rings. The van der Waals surface area contributed by atoms with Crippen molar-refractivity contribution in [3.63, 3.8) is 0 Å². The summed E-state index contributed by atoms with van der Waals surface area (Å²) >= 11 is 0. The van der Waals surface area contributed by atoms with Crippen LogP contribution in [0, 0.1) is 0 Å². The fourth-order valence-corrected chi connectivity index (χ4v) is 2.20. The number of phenols is 2. The lowest BCUT2D eigenvalue weighted by atomic mass is 10.1. The number of benzene rings is 2. The number of hydrogen-bond donors (Lipinski definition) is 5. The summed E-state index contributed by atoms with van der Waals surface area (Å²) in [5.74, 6) is -1.01.